The van der Waals surface area contributed by atoms with E-state index >= 15 is 0 Å². The zero-order chi connectivity index (χ0) is 26.1. The fraction of sp³-hybridized carbons (Fsp3) is 0.318. The molecule has 0 atom stereocenters. The molecule has 0 bridgehead atoms. The number of likely N-dealkylation sites (N-methyl/N-ethyl adjacent to an activating group) is 1. The number of ether oxygens (including phenoxy) is 1. The first-order chi connectivity index (χ1) is 16.2. The van der Waals surface area contributed by atoms with E-state index in [-0.39, 0.29) is 16.9 Å². The van der Waals surface area contributed by atoms with Crippen LogP contribution in [0.25, 0.3) is 16.9 Å². The lowest BCUT2D eigenvalue weighted by molar-refractivity contribution is -0.274. The fourth-order valence-electron chi connectivity index (χ4n) is 3.28. The molecule has 0 spiro atoms. The summed E-state index contributed by atoms with van der Waals surface area (Å²) in [5.74, 6) is -1.66. The summed E-state index contributed by atoms with van der Waals surface area (Å²) in [6.45, 7) is 2.99. The van der Waals surface area contributed by atoms with E-state index in [1.54, 1.807) is 7.05 Å². The van der Waals surface area contributed by atoms with Gasteiger partial charge in [0.2, 0.25) is 5.91 Å². The van der Waals surface area contributed by atoms with E-state index in [1.807, 2.05) is 0 Å². The molecular weight excluding hydrogens is 469 g/mol. The number of nitrogens with one attached hydrogen (secondary N) is 1. The lowest BCUT2D eigenvalue weighted by Gasteiger charge is -2.28. The van der Waals surface area contributed by atoms with Gasteiger partial charge in [0.05, 0.1) is 18.1 Å². The van der Waals surface area contributed by atoms with Gasteiger partial charge in [-0.2, -0.15) is 14.9 Å². The second-order valence-electron chi connectivity index (χ2n) is 8.38. The van der Waals surface area contributed by atoms with Crippen LogP contribution in [-0.2, 0) is 11.8 Å². The van der Waals surface area contributed by atoms with E-state index in [0.717, 1.165) is 16.8 Å². The molecule has 3 rings (SSSR count). The molecule has 35 heavy (non-hydrogen) atoms. The van der Waals surface area contributed by atoms with Crippen LogP contribution in [0.2, 0.25) is 0 Å². The number of carbonyl (C=O) groups excluding carboxylic acids is 2. The third kappa shape index (κ3) is 5.86. The summed E-state index contributed by atoms with van der Waals surface area (Å²) in [5.41, 5.74) is -1.73. The standard InChI is InChI=1S/C22H23F3N6O4/c1-21(2,20(34)29(3)4)27-18(32)16-10-17(13-6-8-15(9-7-13)35-22(23,24)25)28-31(19(16)33)14-11-26-30(5)12-14/h6-12H,1-5H3,(H,27,32). The van der Waals surface area contributed by atoms with Gasteiger partial charge in [-0.1, -0.05) is 0 Å². The van der Waals surface area contributed by atoms with Crippen LogP contribution >= 0.6 is 0 Å². The third-order valence-electron chi connectivity index (χ3n) is 4.84. The van der Waals surface area contributed by atoms with Gasteiger partial charge in [0.1, 0.15) is 22.5 Å². The van der Waals surface area contributed by atoms with Crippen molar-refractivity contribution in [3.05, 3.63) is 58.6 Å². The number of amides is 2. The van der Waals surface area contributed by atoms with Crippen molar-refractivity contribution in [3.8, 4) is 22.7 Å². The van der Waals surface area contributed by atoms with Crippen molar-refractivity contribution in [2.75, 3.05) is 14.1 Å². The molecule has 0 aliphatic rings. The summed E-state index contributed by atoms with van der Waals surface area (Å²) in [7, 11) is 4.69. The number of nitrogens with zero attached hydrogens (tertiary/aromatic N) is 5. The molecule has 2 heterocycles. The van der Waals surface area contributed by atoms with Crippen LogP contribution in [0.3, 0.4) is 0 Å². The molecule has 0 saturated heterocycles. The van der Waals surface area contributed by atoms with Gasteiger partial charge in [-0.15, -0.1) is 13.2 Å². The number of carbonyl (C=O) groups is 2. The number of rotatable bonds is 6. The summed E-state index contributed by atoms with van der Waals surface area (Å²) in [6.07, 6.45) is -1.99. The number of aryl methyl sites for hydroxylation is 1. The van der Waals surface area contributed by atoms with Gasteiger partial charge in [0.15, 0.2) is 0 Å². The molecule has 3 aromatic rings. The van der Waals surface area contributed by atoms with Gasteiger partial charge in [-0.3, -0.25) is 19.1 Å². The largest absolute Gasteiger partial charge is 0.573 e. The van der Waals surface area contributed by atoms with Crippen LogP contribution in [0.5, 0.6) is 5.75 Å². The average Bonchev–Trinajstić information content (AvgIpc) is 3.18. The molecule has 0 fully saturated rings. The first kappa shape index (κ1) is 25.5. The van der Waals surface area contributed by atoms with E-state index in [0.29, 0.717) is 5.56 Å². The fourth-order valence-corrected chi connectivity index (χ4v) is 3.28. The number of aromatic nitrogens is 4. The lowest BCUT2D eigenvalue weighted by atomic mass is 10.0. The maximum atomic E-state index is 13.2. The molecule has 0 aliphatic carbocycles. The molecule has 0 saturated carbocycles. The molecule has 13 heteroatoms. The molecule has 2 amide bonds. The molecule has 0 unspecified atom stereocenters. The van der Waals surface area contributed by atoms with E-state index in [2.05, 4.69) is 20.3 Å². The first-order valence-electron chi connectivity index (χ1n) is 10.2. The molecule has 0 aliphatic heterocycles. The minimum absolute atomic E-state index is 0.119. The zero-order valence-electron chi connectivity index (χ0n) is 19.5. The third-order valence-corrected chi connectivity index (χ3v) is 4.84. The zero-order valence-corrected chi connectivity index (χ0v) is 19.5. The minimum Gasteiger partial charge on any atom is -0.406 e. The van der Waals surface area contributed by atoms with Gasteiger partial charge < -0.3 is 15.0 Å². The van der Waals surface area contributed by atoms with E-state index < -0.39 is 35.0 Å². The van der Waals surface area contributed by atoms with Crippen LogP contribution in [0.15, 0.2) is 47.5 Å². The Kier molecular flexibility index (Phi) is 6.72. The van der Waals surface area contributed by atoms with Crippen molar-refractivity contribution in [1.29, 1.82) is 0 Å². The van der Waals surface area contributed by atoms with Crippen molar-refractivity contribution in [1.82, 2.24) is 29.8 Å². The Morgan fingerprint density at radius 1 is 1.11 bits per heavy atom. The van der Waals surface area contributed by atoms with Gasteiger partial charge in [0, 0.05) is 26.7 Å². The predicted octanol–water partition coefficient (Wildman–Crippen LogP) is 2.13. The highest BCUT2D eigenvalue weighted by Gasteiger charge is 2.33. The minimum atomic E-state index is -4.85. The van der Waals surface area contributed by atoms with Crippen molar-refractivity contribution in [2.45, 2.75) is 25.7 Å². The van der Waals surface area contributed by atoms with Crippen molar-refractivity contribution in [2.24, 2.45) is 7.05 Å². The number of benzene rings is 1. The lowest BCUT2D eigenvalue weighted by Crippen LogP contribution is -2.55. The smallest absolute Gasteiger partial charge is 0.406 e. The molecule has 10 nitrogen and oxygen atoms in total. The summed E-state index contributed by atoms with van der Waals surface area (Å²) in [6, 6.07) is 6.00. The van der Waals surface area contributed by atoms with Gasteiger partial charge >= 0.3 is 6.36 Å². The predicted molar refractivity (Wildman–Crippen MR) is 119 cm³/mol. The molecule has 1 N–H and O–H groups in total. The van der Waals surface area contributed by atoms with Crippen LogP contribution in [0.1, 0.15) is 24.2 Å². The van der Waals surface area contributed by atoms with Crippen molar-refractivity contribution < 1.29 is 27.5 Å². The molecular formula is C22H23F3N6O4. The molecule has 1 aromatic carbocycles. The summed E-state index contributed by atoms with van der Waals surface area (Å²) >= 11 is 0. The Labute approximate surface area is 197 Å². The normalized spacial score (nSPS) is 11.8. The quantitative estimate of drug-likeness (QED) is 0.565. The van der Waals surface area contributed by atoms with Crippen LogP contribution < -0.4 is 15.6 Å². The number of hydrogen-bond acceptors (Lipinski definition) is 6. The Balaban J connectivity index is 2.09. The first-order valence-corrected chi connectivity index (χ1v) is 10.2. The maximum Gasteiger partial charge on any atom is 0.573 e. The highest BCUT2D eigenvalue weighted by atomic mass is 19.4. The number of hydrogen-bond donors (Lipinski definition) is 1. The summed E-state index contributed by atoms with van der Waals surface area (Å²) in [4.78, 5) is 40.0. The summed E-state index contributed by atoms with van der Waals surface area (Å²) < 4.78 is 43.7. The molecule has 186 valence electrons. The topological polar surface area (TPSA) is 111 Å². The van der Waals surface area contributed by atoms with E-state index in [4.69, 9.17) is 0 Å². The second kappa shape index (κ2) is 9.24. The Morgan fingerprint density at radius 3 is 2.26 bits per heavy atom. The van der Waals surface area contributed by atoms with Crippen LogP contribution in [0, 0.1) is 0 Å². The Bertz CT molecular complexity index is 1310. The Morgan fingerprint density at radius 2 is 1.74 bits per heavy atom. The maximum absolute atomic E-state index is 13.2. The van der Waals surface area contributed by atoms with E-state index in [1.165, 1.54) is 68.1 Å². The number of halogens is 3. The van der Waals surface area contributed by atoms with Gasteiger partial charge in [-0.05, 0) is 44.2 Å². The highest BCUT2D eigenvalue weighted by Crippen LogP contribution is 2.26. The number of alkyl halides is 3. The van der Waals surface area contributed by atoms with Gasteiger partial charge in [0.25, 0.3) is 11.5 Å². The van der Waals surface area contributed by atoms with E-state index in [9.17, 15) is 27.6 Å². The summed E-state index contributed by atoms with van der Waals surface area (Å²) in [5, 5.41) is 10.8. The SMILES string of the molecule is CN(C)C(=O)C(C)(C)NC(=O)c1cc(-c2ccc(OC(F)(F)F)cc2)nn(-c2cnn(C)c2)c1=O. The highest BCUT2D eigenvalue weighted by molar-refractivity contribution is 5.99. The Hall–Kier alpha value is -4.16. The average molecular weight is 492 g/mol. The molecule has 2 aromatic heterocycles. The van der Waals surface area contributed by atoms with Gasteiger partial charge in [-0.25, -0.2) is 0 Å². The van der Waals surface area contributed by atoms with Crippen molar-refractivity contribution in [3.63, 3.8) is 0 Å². The second-order valence-corrected chi connectivity index (χ2v) is 8.38. The molecule has 0 radical (unpaired) electrons. The monoisotopic (exact) mass is 492 g/mol. The van der Waals surface area contributed by atoms with Crippen LogP contribution in [0.4, 0.5) is 13.2 Å². The van der Waals surface area contributed by atoms with Crippen molar-refractivity contribution >= 4 is 11.8 Å². The van der Waals surface area contributed by atoms with Crippen LogP contribution in [-0.4, -0.2) is 62.3 Å².